The van der Waals surface area contributed by atoms with E-state index in [2.05, 4.69) is 15.9 Å². The lowest BCUT2D eigenvalue weighted by Crippen LogP contribution is -1.98. The Morgan fingerprint density at radius 1 is 1.31 bits per heavy atom. The third-order valence-electron chi connectivity index (χ3n) is 1.64. The first-order valence-corrected chi connectivity index (χ1v) is 5.02. The molecule has 3 heteroatoms. The summed E-state index contributed by atoms with van der Waals surface area (Å²) >= 11 is 3.31. The van der Waals surface area contributed by atoms with E-state index in [0.29, 0.717) is 6.61 Å². The van der Waals surface area contributed by atoms with Crippen LogP contribution in [0.3, 0.4) is 0 Å². The number of rotatable bonds is 4. The highest BCUT2D eigenvalue weighted by Gasteiger charge is 1.97. The van der Waals surface area contributed by atoms with Gasteiger partial charge in [-0.15, -0.1) is 0 Å². The van der Waals surface area contributed by atoms with Crippen LogP contribution in [-0.4, -0.2) is 12.1 Å². The van der Waals surface area contributed by atoms with Crippen LogP contribution >= 0.6 is 15.9 Å². The summed E-state index contributed by atoms with van der Waals surface area (Å²) in [6.07, 6.45) is 0. The fourth-order valence-electron chi connectivity index (χ4n) is 0.933. The van der Waals surface area contributed by atoms with Crippen molar-refractivity contribution in [2.45, 2.75) is 18.5 Å². The van der Waals surface area contributed by atoms with Crippen LogP contribution in [0.5, 0.6) is 5.75 Å². The molecule has 0 saturated carbocycles. The van der Waals surface area contributed by atoms with E-state index in [1.165, 1.54) is 0 Å². The lowest BCUT2D eigenvalue weighted by atomic mass is 10.2. The Labute approximate surface area is 87.0 Å². The van der Waals surface area contributed by atoms with Crippen LogP contribution in [0, 0.1) is 0 Å². The highest BCUT2D eigenvalue weighted by Crippen LogP contribution is 2.13. The fourth-order valence-corrected chi connectivity index (χ4v) is 1.06. The molecule has 0 fully saturated rings. The molecule has 1 rings (SSSR count). The van der Waals surface area contributed by atoms with Crippen molar-refractivity contribution in [3.63, 3.8) is 0 Å². The maximum atomic E-state index is 5.38. The average Bonchev–Trinajstić information content (AvgIpc) is 2.15. The second-order valence-electron chi connectivity index (χ2n) is 2.70. The largest absolute Gasteiger partial charge is 0.497 e. The molecular weight excluding hydrogens is 232 g/mol. The molecule has 2 nitrogen and oxygen atoms in total. The minimum Gasteiger partial charge on any atom is -0.497 e. The Bertz CT molecular complexity index is 244. The normalized spacial score (nSPS) is 12.5. The molecule has 0 aromatic heterocycles. The van der Waals surface area contributed by atoms with Crippen molar-refractivity contribution in [1.29, 1.82) is 0 Å². The molecule has 0 spiro atoms. The summed E-state index contributed by atoms with van der Waals surface area (Å²) in [7, 11) is 1.66. The maximum absolute atomic E-state index is 5.38. The van der Waals surface area contributed by atoms with Crippen LogP contribution < -0.4 is 4.74 Å². The van der Waals surface area contributed by atoms with Gasteiger partial charge in [0.15, 0.2) is 0 Å². The monoisotopic (exact) mass is 244 g/mol. The van der Waals surface area contributed by atoms with Gasteiger partial charge < -0.3 is 9.47 Å². The Hall–Kier alpha value is -0.540. The predicted molar refractivity (Wildman–Crippen MR) is 56.2 cm³/mol. The van der Waals surface area contributed by atoms with Crippen LogP contribution in [-0.2, 0) is 11.3 Å². The Kier molecular flexibility index (Phi) is 4.25. The number of hydrogen-bond donors (Lipinski definition) is 0. The number of alkyl halides is 1. The third kappa shape index (κ3) is 3.79. The molecule has 0 amide bonds. The van der Waals surface area contributed by atoms with Gasteiger partial charge in [-0.05, 0) is 24.6 Å². The van der Waals surface area contributed by atoms with Gasteiger partial charge in [-0.3, -0.25) is 0 Å². The molecule has 1 aromatic rings. The molecule has 0 bridgehead atoms. The SMILES string of the molecule is COc1ccc(COC(C)Br)cc1. The van der Waals surface area contributed by atoms with Gasteiger partial charge in [-0.2, -0.15) is 0 Å². The molecule has 1 unspecified atom stereocenters. The Morgan fingerprint density at radius 3 is 2.38 bits per heavy atom. The molecule has 0 heterocycles. The molecule has 0 aliphatic carbocycles. The van der Waals surface area contributed by atoms with Crippen LogP contribution in [0.2, 0.25) is 0 Å². The van der Waals surface area contributed by atoms with Gasteiger partial charge in [0.2, 0.25) is 0 Å². The standard InChI is InChI=1S/C10H13BrO2/c1-8(11)13-7-9-3-5-10(12-2)6-4-9/h3-6,8H,7H2,1-2H3. The van der Waals surface area contributed by atoms with Crippen molar-refractivity contribution < 1.29 is 9.47 Å². The van der Waals surface area contributed by atoms with E-state index < -0.39 is 0 Å². The molecule has 0 radical (unpaired) electrons. The smallest absolute Gasteiger partial charge is 0.118 e. The summed E-state index contributed by atoms with van der Waals surface area (Å²) in [6, 6.07) is 7.84. The molecule has 72 valence electrons. The number of benzene rings is 1. The van der Waals surface area contributed by atoms with Gasteiger partial charge in [0.05, 0.1) is 13.7 Å². The van der Waals surface area contributed by atoms with Crippen molar-refractivity contribution in [3.05, 3.63) is 29.8 Å². The van der Waals surface area contributed by atoms with Crippen molar-refractivity contribution in [2.24, 2.45) is 0 Å². The van der Waals surface area contributed by atoms with E-state index in [9.17, 15) is 0 Å². The highest BCUT2D eigenvalue weighted by atomic mass is 79.9. The zero-order chi connectivity index (χ0) is 9.68. The first-order chi connectivity index (χ1) is 6.22. The molecule has 1 aromatic carbocycles. The zero-order valence-corrected chi connectivity index (χ0v) is 9.37. The summed E-state index contributed by atoms with van der Waals surface area (Å²) in [5.41, 5.74) is 1.15. The zero-order valence-electron chi connectivity index (χ0n) is 7.79. The van der Waals surface area contributed by atoms with Crippen molar-refractivity contribution in [2.75, 3.05) is 7.11 Å². The summed E-state index contributed by atoms with van der Waals surface area (Å²) in [5, 5.41) is 0.0922. The number of hydrogen-bond acceptors (Lipinski definition) is 2. The van der Waals surface area contributed by atoms with Gasteiger partial charge in [0.1, 0.15) is 10.8 Å². The minimum atomic E-state index is 0.0922. The molecule has 13 heavy (non-hydrogen) atoms. The van der Waals surface area contributed by atoms with Crippen molar-refractivity contribution in [1.82, 2.24) is 0 Å². The van der Waals surface area contributed by atoms with Crippen molar-refractivity contribution >= 4 is 15.9 Å². The van der Waals surface area contributed by atoms with E-state index in [-0.39, 0.29) is 5.01 Å². The van der Waals surface area contributed by atoms with Gasteiger partial charge in [-0.1, -0.05) is 28.1 Å². The molecule has 0 aliphatic heterocycles. The van der Waals surface area contributed by atoms with E-state index in [1.807, 2.05) is 31.2 Å². The molecule has 0 N–H and O–H groups in total. The van der Waals surface area contributed by atoms with Crippen LogP contribution in [0.4, 0.5) is 0 Å². The summed E-state index contributed by atoms with van der Waals surface area (Å²) in [5.74, 6) is 0.871. The number of halogens is 1. The van der Waals surface area contributed by atoms with Gasteiger partial charge >= 0.3 is 0 Å². The van der Waals surface area contributed by atoms with Gasteiger partial charge in [-0.25, -0.2) is 0 Å². The summed E-state index contributed by atoms with van der Waals surface area (Å²) < 4.78 is 10.4. The predicted octanol–water partition coefficient (Wildman–Crippen LogP) is 2.95. The summed E-state index contributed by atoms with van der Waals surface area (Å²) in [4.78, 5) is 0. The lowest BCUT2D eigenvalue weighted by molar-refractivity contribution is 0.115. The lowest BCUT2D eigenvalue weighted by Gasteiger charge is -2.06. The third-order valence-corrected chi connectivity index (χ3v) is 1.90. The average molecular weight is 245 g/mol. The quantitative estimate of drug-likeness (QED) is 0.759. The minimum absolute atomic E-state index is 0.0922. The fraction of sp³-hybridized carbons (Fsp3) is 0.400. The maximum Gasteiger partial charge on any atom is 0.118 e. The van der Waals surface area contributed by atoms with Crippen LogP contribution in [0.15, 0.2) is 24.3 Å². The molecule has 0 aliphatic rings. The van der Waals surface area contributed by atoms with Gasteiger partial charge in [0, 0.05) is 0 Å². The van der Waals surface area contributed by atoms with Gasteiger partial charge in [0.25, 0.3) is 0 Å². The topological polar surface area (TPSA) is 18.5 Å². The highest BCUT2D eigenvalue weighted by molar-refractivity contribution is 9.09. The van der Waals surface area contributed by atoms with E-state index in [4.69, 9.17) is 9.47 Å². The first-order valence-electron chi connectivity index (χ1n) is 4.11. The molecule has 1 atom stereocenters. The van der Waals surface area contributed by atoms with Crippen molar-refractivity contribution in [3.8, 4) is 5.75 Å². The molecule has 0 saturated heterocycles. The number of ether oxygens (including phenoxy) is 2. The van der Waals surface area contributed by atoms with Crippen LogP contribution in [0.25, 0.3) is 0 Å². The second kappa shape index (κ2) is 5.25. The van der Waals surface area contributed by atoms with Crippen LogP contribution in [0.1, 0.15) is 12.5 Å². The second-order valence-corrected chi connectivity index (χ2v) is 3.99. The molecular formula is C10H13BrO2. The first kappa shape index (κ1) is 10.5. The van der Waals surface area contributed by atoms with E-state index in [1.54, 1.807) is 7.11 Å². The number of methoxy groups -OCH3 is 1. The Morgan fingerprint density at radius 2 is 1.92 bits per heavy atom. The summed E-state index contributed by atoms with van der Waals surface area (Å²) in [6.45, 7) is 2.57. The Balaban J connectivity index is 2.49. The van der Waals surface area contributed by atoms with E-state index in [0.717, 1.165) is 11.3 Å². The van der Waals surface area contributed by atoms with E-state index >= 15 is 0 Å².